The van der Waals surface area contributed by atoms with E-state index in [4.69, 9.17) is 0 Å². The van der Waals surface area contributed by atoms with E-state index < -0.39 is 0 Å². The van der Waals surface area contributed by atoms with Crippen LogP contribution in [-0.4, -0.2) is 9.97 Å². The number of rotatable bonds is 10. The maximum Gasteiger partial charge on any atom is 0.0273 e. The Morgan fingerprint density at radius 1 is 0.392 bits per heavy atom. The van der Waals surface area contributed by atoms with Crippen LogP contribution in [0.1, 0.15) is 76.3 Å². The van der Waals surface area contributed by atoms with E-state index in [1.54, 1.807) is 11.1 Å². The molecule has 0 fully saturated rings. The van der Waals surface area contributed by atoms with Crippen molar-refractivity contribution in [3.05, 3.63) is 145 Å². The minimum absolute atomic E-state index is 0.101. The fourth-order valence-corrected chi connectivity index (χ4v) is 9.45. The van der Waals surface area contributed by atoms with Crippen LogP contribution < -0.4 is 0 Å². The lowest BCUT2D eigenvalue weighted by molar-refractivity contribution is 0.410. The SMILES string of the molecule is CCCCCC1(CCCCC)c2c(c3ccccc3c3cc(-c4ccncc4)ccc23)-c2c1c1ccc(-c3ccncc3)cc1c1ccccc21. The van der Waals surface area contributed by atoms with Crippen molar-refractivity contribution >= 4 is 43.1 Å². The van der Waals surface area contributed by atoms with Crippen LogP contribution >= 0.6 is 0 Å². The molecule has 2 heterocycles. The molecule has 0 saturated heterocycles. The summed E-state index contributed by atoms with van der Waals surface area (Å²) in [6, 6.07) is 41.5. The van der Waals surface area contributed by atoms with Gasteiger partial charge in [0, 0.05) is 30.2 Å². The molecule has 51 heavy (non-hydrogen) atoms. The van der Waals surface area contributed by atoms with Gasteiger partial charge in [0.2, 0.25) is 0 Å². The molecule has 250 valence electrons. The summed E-state index contributed by atoms with van der Waals surface area (Å²) in [7, 11) is 0. The zero-order chi connectivity index (χ0) is 34.4. The van der Waals surface area contributed by atoms with E-state index in [1.165, 1.54) is 115 Å². The van der Waals surface area contributed by atoms with E-state index in [0.29, 0.717) is 0 Å². The third kappa shape index (κ3) is 5.07. The van der Waals surface area contributed by atoms with Gasteiger partial charge in [0.05, 0.1) is 0 Å². The predicted molar refractivity (Wildman–Crippen MR) is 217 cm³/mol. The lowest BCUT2D eigenvalue weighted by Gasteiger charge is -2.35. The van der Waals surface area contributed by atoms with Gasteiger partial charge in [-0.1, -0.05) is 125 Å². The zero-order valence-electron chi connectivity index (χ0n) is 29.8. The van der Waals surface area contributed by atoms with Crippen LogP contribution in [0.2, 0.25) is 0 Å². The fraction of sp³-hybridized carbons (Fsp3) is 0.224. The van der Waals surface area contributed by atoms with Crippen LogP contribution in [0.5, 0.6) is 0 Å². The summed E-state index contributed by atoms with van der Waals surface area (Å²) in [5.74, 6) is 0. The molecule has 2 nitrogen and oxygen atoms in total. The molecule has 6 aromatic carbocycles. The molecule has 0 radical (unpaired) electrons. The average molecular weight is 661 g/mol. The first-order valence-electron chi connectivity index (χ1n) is 19.0. The number of pyridine rings is 2. The predicted octanol–water partition coefficient (Wildman–Crippen LogP) is 13.9. The molecule has 0 aliphatic heterocycles. The quantitative estimate of drug-likeness (QED) is 0.108. The largest absolute Gasteiger partial charge is 0.265 e. The molecule has 1 aliphatic rings. The Hall–Kier alpha value is -5.34. The second-order valence-corrected chi connectivity index (χ2v) is 14.6. The number of nitrogens with zero attached hydrogens (tertiary/aromatic N) is 2. The molecule has 8 aromatic rings. The number of hydrogen-bond donors (Lipinski definition) is 0. The summed E-state index contributed by atoms with van der Waals surface area (Å²) < 4.78 is 0. The highest BCUT2D eigenvalue weighted by molar-refractivity contribution is 6.26. The molecule has 0 saturated carbocycles. The van der Waals surface area contributed by atoms with Gasteiger partial charge < -0.3 is 0 Å². The van der Waals surface area contributed by atoms with E-state index in [-0.39, 0.29) is 5.41 Å². The Morgan fingerprint density at radius 2 is 0.804 bits per heavy atom. The Morgan fingerprint density at radius 3 is 1.22 bits per heavy atom. The van der Waals surface area contributed by atoms with E-state index >= 15 is 0 Å². The number of aromatic nitrogens is 2. The minimum Gasteiger partial charge on any atom is -0.265 e. The topological polar surface area (TPSA) is 25.8 Å². The minimum atomic E-state index is -0.101. The maximum atomic E-state index is 4.31. The molecule has 9 rings (SSSR count). The monoisotopic (exact) mass is 660 g/mol. The van der Waals surface area contributed by atoms with Gasteiger partial charge in [-0.05, 0) is 137 Å². The molecule has 1 aliphatic carbocycles. The van der Waals surface area contributed by atoms with E-state index in [2.05, 4.69) is 133 Å². The molecule has 0 unspecified atom stereocenters. The Balaban J connectivity index is 1.45. The number of unbranched alkanes of at least 4 members (excludes halogenated alkanes) is 4. The van der Waals surface area contributed by atoms with Crippen molar-refractivity contribution in [1.29, 1.82) is 0 Å². The van der Waals surface area contributed by atoms with Gasteiger partial charge in [-0.15, -0.1) is 0 Å². The summed E-state index contributed by atoms with van der Waals surface area (Å²) in [5, 5.41) is 11.0. The van der Waals surface area contributed by atoms with Gasteiger partial charge >= 0.3 is 0 Å². The standard InChI is InChI=1S/C49H44N2/c1-3-5-11-25-49(26-12-6-4-2)47-41-19-17-35(33-21-27-50-28-22-33)31-43(41)37-13-7-9-15-39(37)45(47)46-40-16-10-8-14-38(40)44-32-36(18-20-42(44)48(46)49)34-23-29-51-30-24-34/h7-10,13-24,27-32H,3-6,11-12,25-26H2,1-2H3. The average Bonchev–Trinajstić information content (AvgIpc) is 3.50. The normalized spacial score (nSPS) is 13.3. The molecule has 0 atom stereocenters. The third-order valence-corrected chi connectivity index (χ3v) is 11.7. The van der Waals surface area contributed by atoms with E-state index in [9.17, 15) is 0 Å². The lowest BCUT2D eigenvalue weighted by Crippen LogP contribution is -2.26. The molecule has 0 N–H and O–H groups in total. The van der Waals surface area contributed by atoms with Crippen LogP contribution in [0.15, 0.2) is 134 Å². The summed E-state index contributed by atoms with van der Waals surface area (Å²) in [6.45, 7) is 4.68. The first-order valence-corrected chi connectivity index (χ1v) is 19.0. The second-order valence-electron chi connectivity index (χ2n) is 14.6. The molecule has 0 bridgehead atoms. The zero-order valence-corrected chi connectivity index (χ0v) is 29.8. The van der Waals surface area contributed by atoms with Crippen molar-refractivity contribution in [1.82, 2.24) is 9.97 Å². The summed E-state index contributed by atoms with van der Waals surface area (Å²) in [5.41, 5.74) is 10.9. The molecule has 0 spiro atoms. The van der Waals surface area contributed by atoms with Gasteiger partial charge in [-0.2, -0.15) is 0 Å². The highest BCUT2D eigenvalue weighted by Crippen LogP contribution is 2.62. The fourth-order valence-electron chi connectivity index (χ4n) is 9.45. The Labute approximate surface area is 301 Å². The van der Waals surface area contributed by atoms with Crippen molar-refractivity contribution in [2.45, 2.75) is 70.6 Å². The Kier molecular flexibility index (Phi) is 8.11. The van der Waals surface area contributed by atoms with Gasteiger partial charge in [-0.3, -0.25) is 9.97 Å². The summed E-state index contributed by atoms with van der Waals surface area (Å²) in [6.07, 6.45) is 17.3. The van der Waals surface area contributed by atoms with Crippen molar-refractivity contribution < 1.29 is 0 Å². The Bertz CT molecular complexity index is 2370. The molecule has 2 heteroatoms. The van der Waals surface area contributed by atoms with Gasteiger partial charge in [0.25, 0.3) is 0 Å². The molecular weight excluding hydrogens is 617 g/mol. The smallest absolute Gasteiger partial charge is 0.0273 e. The third-order valence-electron chi connectivity index (χ3n) is 11.7. The van der Waals surface area contributed by atoms with Crippen LogP contribution in [0.4, 0.5) is 0 Å². The van der Waals surface area contributed by atoms with Crippen LogP contribution in [0, 0.1) is 0 Å². The van der Waals surface area contributed by atoms with Gasteiger partial charge in [0.1, 0.15) is 0 Å². The number of benzene rings is 6. The molecule has 0 amide bonds. The van der Waals surface area contributed by atoms with Crippen LogP contribution in [0.3, 0.4) is 0 Å². The first-order chi connectivity index (χ1) is 25.2. The molecule has 2 aromatic heterocycles. The highest BCUT2D eigenvalue weighted by Gasteiger charge is 2.46. The molecular formula is C49H44N2. The first kappa shape index (κ1) is 31.6. The van der Waals surface area contributed by atoms with E-state index in [1.807, 2.05) is 24.8 Å². The number of hydrogen-bond acceptors (Lipinski definition) is 2. The van der Waals surface area contributed by atoms with Crippen LogP contribution in [0.25, 0.3) is 76.5 Å². The lowest BCUT2D eigenvalue weighted by atomic mass is 9.68. The van der Waals surface area contributed by atoms with Crippen LogP contribution in [-0.2, 0) is 5.41 Å². The maximum absolute atomic E-state index is 4.31. The highest BCUT2D eigenvalue weighted by atomic mass is 14.6. The van der Waals surface area contributed by atoms with Gasteiger partial charge in [-0.25, -0.2) is 0 Å². The van der Waals surface area contributed by atoms with E-state index in [0.717, 1.165) is 12.8 Å². The van der Waals surface area contributed by atoms with Crippen molar-refractivity contribution in [2.24, 2.45) is 0 Å². The van der Waals surface area contributed by atoms with Gasteiger partial charge in [0.15, 0.2) is 0 Å². The van der Waals surface area contributed by atoms with Crippen molar-refractivity contribution in [3.63, 3.8) is 0 Å². The summed E-state index contributed by atoms with van der Waals surface area (Å²) in [4.78, 5) is 8.63. The van der Waals surface area contributed by atoms with Crippen molar-refractivity contribution in [3.8, 4) is 33.4 Å². The van der Waals surface area contributed by atoms with Crippen molar-refractivity contribution in [2.75, 3.05) is 0 Å². The second kappa shape index (κ2) is 13.1. The number of fused-ring (bicyclic) bond motifs is 13. The summed E-state index contributed by atoms with van der Waals surface area (Å²) >= 11 is 0.